The van der Waals surface area contributed by atoms with Crippen LogP contribution in [-0.4, -0.2) is 29.3 Å². The molecule has 106 valence electrons. The summed E-state index contributed by atoms with van der Waals surface area (Å²) < 4.78 is 38.0. The Hall–Kier alpha value is -1.30. The smallest absolute Gasteiger partial charge is 0.396 e. The molecule has 1 aromatic heterocycles. The minimum Gasteiger partial charge on any atom is -0.396 e. The zero-order valence-electron chi connectivity index (χ0n) is 10.5. The van der Waals surface area contributed by atoms with Gasteiger partial charge in [0.2, 0.25) is 0 Å². The predicted octanol–water partition coefficient (Wildman–Crippen LogP) is 2.84. The van der Waals surface area contributed by atoms with Crippen molar-refractivity contribution in [2.45, 2.75) is 37.9 Å². The van der Waals surface area contributed by atoms with Gasteiger partial charge in [-0.1, -0.05) is 6.07 Å². The molecule has 0 bridgehead atoms. The van der Waals surface area contributed by atoms with Gasteiger partial charge in [0, 0.05) is 19.2 Å². The highest BCUT2D eigenvalue weighted by atomic mass is 19.4. The topological polar surface area (TPSA) is 36.4 Å². The zero-order chi connectivity index (χ0) is 13.9. The van der Waals surface area contributed by atoms with E-state index in [1.165, 1.54) is 6.07 Å². The van der Waals surface area contributed by atoms with Crippen LogP contribution in [0.15, 0.2) is 18.2 Å². The molecule has 19 heavy (non-hydrogen) atoms. The Morgan fingerprint density at radius 2 is 2.05 bits per heavy atom. The van der Waals surface area contributed by atoms with Crippen molar-refractivity contribution in [3.05, 3.63) is 23.9 Å². The van der Waals surface area contributed by atoms with E-state index >= 15 is 0 Å². The van der Waals surface area contributed by atoms with Crippen LogP contribution in [-0.2, 0) is 6.18 Å². The molecule has 0 saturated heterocycles. The second-order valence-electron chi connectivity index (χ2n) is 4.73. The van der Waals surface area contributed by atoms with Gasteiger partial charge in [0.15, 0.2) is 0 Å². The molecule has 0 amide bonds. The van der Waals surface area contributed by atoms with Crippen molar-refractivity contribution < 1.29 is 18.3 Å². The molecule has 0 aliphatic heterocycles. The molecular formula is C13H17F3N2O. The molecule has 2 rings (SSSR count). The van der Waals surface area contributed by atoms with Gasteiger partial charge in [-0.3, -0.25) is 0 Å². The number of alkyl halides is 3. The molecule has 3 nitrogen and oxygen atoms in total. The largest absolute Gasteiger partial charge is 0.433 e. The Morgan fingerprint density at radius 1 is 1.32 bits per heavy atom. The predicted molar refractivity (Wildman–Crippen MR) is 65.9 cm³/mol. The number of nitrogens with zero attached hydrogens (tertiary/aromatic N) is 2. The average molecular weight is 274 g/mol. The monoisotopic (exact) mass is 274 g/mol. The van der Waals surface area contributed by atoms with Gasteiger partial charge in [-0.05, 0) is 37.8 Å². The minimum atomic E-state index is -4.42. The molecule has 1 aromatic rings. The number of aliphatic hydroxyl groups is 1. The number of pyridine rings is 1. The first-order valence-electron chi connectivity index (χ1n) is 6.44. The first-order chi connectivity index (χ1) is 9.02. The van der Waals surface area contributed by atoms with Crippen LogP contribution in [0.1, 0.15) is 31.4 Å². The quantitative estimate of drug-likeness (QED) is 0.897. The summed E-state index contributed by atoms with van der Waals surface area (Å²) >= 11 is 0. The average Bonchev–Trinajstić information content (AvgIpc) is 2.31. The fourth-order valence-corrected chi connectivity index (χ4v) is 2.16. The lowest BCUT2D eigenvalue weighted by Gasteiger charge is -2.38. The number of rotatable bonds is 5. The van der Waals surface area contributed by atoms with Gasteiger partial charge in [0.25, 0.3) is 0 Å². The lowest BCUT2D eigenvalue weighted by atomic mass is 9.91. The van der Waals surface area contributed by atoms with E-state index in [4.69, 9.17) is 5.11 Å². The van der Waals surface area contributed by atoms with Crippen LogP contribution in [0, 0.1) is 0 Å². The lowest BCUT2D eigenvalue weighted by molar-refractivity contribution is -0.141. The number of anilines is 1. The minimum absolute atomic E-state index is 0.0299. The van der Waals surface area contributed by atoms with E-state index in [0.717, 1.165) is 25.3 Å². The van der Waals surface area contributed by atoms with Gasteiger partial charge in [0.1, 0.15) is 11.5 Å². The molecule has 6 heteroatoms. The second kappa shape index (κ2) is 5.77. The summed E-state index contributed by atoms with van der Waals surface area (Å²) in [5, 5.41) is 8.89. The van der Waals surface area contributed by atoms with Crippen molar-refractivity contribution in [1.29, 1.82) is 0 Å². The number of hydrogen-bond acceptors (Lipinski definition) is 3. The fraction of sp³-hybridized carbons (Fsp3) is 0.615. The molecule has 0 aromatic carbocycles. The van der Waals surface area contributed by atoms with Crippen LogP contribution >= 0.6 is 0 Å². The Labute approximate surface area is 110 Å². The van der Waals surface area contributed by atoms with Gasteiger partial charge in [-0.25, -0.2) is 4.98 Å². The Bertz CT molecular complexity index is 419. The van der Waals surface area contributed by atoms with Crippen LogP contribution in [0.2, 0.25) is 0 Å². The third-order valence-electron chi connectivity index (χ3n) is 3.39. The third-order valence-corrected chi connectivity index (χ3v) is 3.39. The van der Waals surface area contributed by atoms with Crippen LogP contribution in [0.4, 0.5) is 19.0 Å². The maximum atomic E-state index is 12.7. The van der Waals surface area contributed by atoms with E-state index in [9.17, 15) is 13.2 Å². The maximum absolute atomic E-state index is 12.7. The van der Waals surface area contributed by atoms with Crippen LogP contribution in [0.3, 0.4) is 0 Å². The van der Waals surface area contributed by atoms with Crippen molar-refractivity contribution >= 4 is 5.82 Å². The van der Waals surface area contributed by atoms with Crippen LogP contribution in [0.25, 0.3) is 0 Å². The third kappa shape index (κ3) is 3.37. The van der Waals surface area contributed by atoms with Crippen LogP contribution < -0.4 is 4.90 Å². The maximum Gasteiger partial charge on any atom is 0.433 e. The van der Waals surface area contributed by atoms with Crippen molar-refractivity contribution in [3.63, 3.8) is 0 Å². The Morgan fingerprint density at radius 3 is 2.58 bits per heavy atom. The summed E-state index contributed by atoms with van der Waals surface area (Å²) in [6.07, 6.45) is -0.835. The van der Waals surface area contributed by atoms with E-state index < -0.39 is 11.9 Å². The highest BCUT2D eigenvalue weighted by molar-refractivity contribution is 5.41. The molecule has 1 aliphatic carbocycles. The van der Waals surface area contributed by atoms with Crippen molar-refractivity contribution in [2.24, 2.45) is 0 Å². The Kier molecular flexibility index (Phi) is 4.29. The normalized spacial score (nSPS) is 16.2. The number of aliphatic hydroxyl groups excluding tert-OH is 1. The van der Waals surface area contributed by atoms with Gasteiger partial charge in [-0.15, -0.1) is 0 Å². The van der Waals surface area contributed by atoms with E-state index in [2.05, 4.69) is 4.98 Å². The van der Waals surface area contributed by atoms with Crippen molar-refractivity contribution in [1.82, 2.24) is 4.98 Å². The molecule has 1 heterocycles. The molecule has 0 unspecified atom stereocenters. The van der Waals surface area contributed by atoms with Gasteiger partial charge < -0.3 is 10.0 Å². The van der Waals surface area contributed by atoms with E-state index in [1.54, 1.807) is 6.07 Å². The van der Waals surface area contributed by atoms with E-state index in [-0.39, 0.29) is 12.6 Å². The molecule has 1 fully saturated rings. The number of halogens is 3. The summed E-state index contributed by atoms with van der Waals surface area (Å²) in [6, 6.07) is 4.22. The molecule has 1 N–H and O–H groups in total. The molecule has 1 saturated carbocycles. The van der Waals surface area contributed by atoms with Gasteiger partial charge in [-0.2, -0.15) is 13.2 Å². The standard InChI is InChI=1S/C13H17F3N2O/c14-13(15,16)11-6-2-7-12(17-11)18(8-3-9-19)10-4-1-5-10/h2,6-7,10,19H,1,3-5,8-9H2. The number of aromatic nitrogens is 1. The second-order valence-corrected chi connectivity index (χ2v) is 4.73. The summed E-state index contributed by atoms with van der Waals surface area (Å²) in [4.78, 5) is 5.60. The SMILES string of the molecule is OCCCN(c1cccc(C(F)(F)F)n1)C1CCC1. The summed E-state index contributed by atoms with van der Waals surface area (Å²) in [5.74, 6) is 0.355. The highest BCUT2D eigenvalue weighted by Gasteiger charge is 2.33. The first kappa shape index (κ1) is 14.1. The molecule has 1 aliphatic rings. The van der Waals surface area contributed by atoms with Crippen LogP contribution in [0.5, 0.6) is 0 Å². The zero-order valence-corrected chi connectivity index (χ0v) is 10.5. The summed E-state index contributed by atoms with van der Waals surface area (Å²) in [7, 11) is 0. The fourth-order valence-electron chi connectivity index (χ4n) is 2.16. The molecule has 0 radical (unpaired) electrons. The first-order valence-corrected chi connectivity index (χ1v) is 6.44. The van der Waals surface area contributed by atoms with Gasteiger partial charge >= 0.3 is 6.18 Å². The molecule has 0 spiro atoms. The van der Waals surface area contributed by atoms with E-state index in [1.807, 2.05) is 4.90 Å². The van der Waals surface area contributed by atoms with E-state index in [0.29, 0.717) is 18.8 Å². The lowest BCUT2D eigenvalue weighted by Crippen LogP contribution is -2.41. The number of hydrogen-bond donors (Lipinski definition) is 1. The van der Waals surface area contributed by atoms with Crippen molar-refractivity contribution in [2.75, 3.05) is 18.1 Å². The molecule has 0 atom stereocenters. The van der Waals surface area contributed by atoms with Gasteiger partial charge in [0.05, 0.1) is 0 Å². The summed E-state index contributed by atoms with van der Waals surface area (Å²) in [6.45, 7) is 0.567. The van der Waals surface area contributed by atoms with Crippen molar-refractivity contribution in [3.8, 4) is 0 Å². The Balaban J connectivity index is 2.20. The summed E-state index contributed by atoms with van der Waals surface area (Å²) in [5.41, 5.74) is -0.863. The highest BCUT2D eigenvalue weighted by Crippen LogP contribution is 2.32. The molecular weight excluding hydrogens is 257 g/mol.